The van der Waals surface area contributed by atoms with E-state index in [-0.39, 0.29) is 11.8 Å². The van der Waals surface area contributed by atoms with Crippen LogP contribution < -0.4 is 10.6 Å². The number of nitrogens with two attached hydrogens (primary N) is 1. The van der Waals surface area contributed by atoms with Gasteiger partial charge in [0.25, 0.3) is 0 Å². The van der Waals surface area contributed by atoms with Gasteiger partial charge in [-0.3, -0.25) is 5.41 Å². The van der Waals surface area contributed by atoms with Gasteiger partial charge in [-0.1, -0.05) is 13.0 Å². The van der Waals surface area contributed by atoms with Crippen LogP contribution in [0.1, 0.15) is 31.5 Å². The highest BCUT2D eigenvalue weighted by Crippen LogP contribution is 2.23. The van der Waals surface area contributed by atoms with Crippen molar-refractivity contribution in [2.24, 2.45) is 11.7 Å². The van der Waals surface area contributed by atoms with Gasteiger partial charge in [0.2, 0.25) is 0 Å². The minimum absolute atomic E-state index is 0.0694. The Morgan fingerprint density at radius 2 is 2.28 bits per heavy atom. The summed E-state index contributed by atoms with van der Waals surface area (Å²) in [5.74, 6) is 1.33. The number of rotatable bonds is 5. The first-order valence-corrected chi connectivity index (χ1v) is 6.69. The van der Waals surface area contributed by atoms with Crippen LogP contribution in [0.4, 0.5) is 5.82 Å². The number of aryl methyl sites for hydroxylation is 2. The number of hydrogen-bond acceptors (Lipinski definition) is 3. The third kappa shape index (κ3) is 2.63. The number of fused-ring (bicyclic) bond motifs is 1. The van der Waals surface area contributed by atoms with Crippen LogP contribution in [-0.2, 0) is 12.8 Å². The average molecular weight is 246 g/mol. The molecule has 0 bridgehead atoms. The minimum Gasteiger partial charge on any atom is -0.387 e. The summed E-state index contributed by atoms with van der Waals surface area (Å²) in [6.07, 6.45) is 3.49. The molecule has 3 N–H and O–H groups in total. The molecule has 0 saturated heterocycles. The van der Waals surface area contributed by atoms with Crippen molar-refractivity contribution >= 4 is 11.7 Å². The molecule has 0 saturated carbocycles. The molecule has 1 aliphatic carbocycles. The van der Waals surface area contributed by atoms with Crippen LogP contribution in [0.5, 0.6) is 0 Å². The lowest BCUT2D eigenvalue weighted by molar-refractivity contribution is 0.689. The van der Waals surface area contributed by atoms with Crippen molar-refractivity contribution in [2.75, 3.05) is 18.0 Å². The van der Waals surface area contributed by atoms with Crippen molar-refractivity contribution in [3.05, 3.63) is 23.4 Å². The lowest BCUT2D eigenvalue weighted by Crippen LogP contribution is -2.35. The van der Waals surface area contributed by atoms with Crippen LogP contribution >= 0.6 is 0 Å². The van der Waals surface area contributed by atoms with Gasteiger partial charge in [0.1, 0.15) is 5.82 Å². The van der Waals surface area contributed by atoms with Gasteiger partial charge in [-0.2, -0.15) is 0 Å². The zero-order valence-electron chi connectivity index (χ0n) is 11.2. The molecule has 2 rings (SSSR count). The largest absolute Gasteiger partial charge is 0.387 e. The highest BCUT2D eigenvalue weighted by Gasteiger charge is 2.16. The molecule has 4 heteroatoms. The van der Waals surface area contributed by atoms with E-state index in [9.17, 15) is 0 Å². The molecule has 0 fully saturated rings. The smallest absolute Gasteiger partial charge is 0.128 e. The maximum absolute atomic E-state index is 7.48. The Kier molecular flexibility index (Phi) is 3.84. The Morgan fingerprint density at radius 1 is 1.50 bits per heavy atom. The van der Waals surface area contributed by atoms with Gasteiger partial charge < -0.3 is 10.6 Å². The molecule has 1 aromatic rings. The topological polar surface area (TPSA) is 66.0 Å². The van der Waals surface area contributed by atoms with Crippen LogP contribution in [0, 0.1) is 11.3 Å². The van der Waals surface area contributed by atoms with Gasteiger partial charge in [0.15, 0.2) is 0 Å². The van der Waals surface area contributed by atoms with Gasteiger partial charge in [-0.25, -0.2) is 4.98 Å². The van der Waals surface area contributed by atoms with E-state index in [4.69, 9.17) is 16.1 Å². The first-order valence-electron chi connectivity index (χ1n) is 6.69. The van der Waals surface area contributed by atoms with E-state index < -0.39 is 0 Å². The molecule has 1 aromatic heterocycles. The number of nitrogens with one attached hydrogen (secondary N) is 1. The Morgan fingerprint density at radius 3 is 2.94 bits per heavy atom. The summed E-state index contributed by atoms with van der Waals surface area (Å²) in [5.41, 5.74) is 8.19. The summed E-state index contributed by atoms with van der Waals surface area (Å²) in [6.45, 7) is 5.75. The quantitative estimate of drug-likeness (QED) is 0.616. The predicted octanol–water partition coefficient (Wildman–Crippen LogP) is 1.97. The second-order valence-corrected chi connectivity index (χ2v) is 5.02. The third-order valence-corrected chi connectivity index (χ3v) is 3.64. The van der Waals surface area contributed by atoms with E-state index >= 15 is 0 Å². The molecule has 4 nitrogen and oxygen atoms in total. The summed E-state index contributed by atoms with van der Waals surface area (Å²) in [5, 5.41) is 7.48. The first-order chi connectivity index (χ1) is 8.61. The van der Waals surface area contributed by atoms with Gasteiger partial charge in [-0.05, 0) is 37.8 Å². The molecule has 98 valence electrons. The molecule has 0 spiro atoms. The number of nitrogens with zero attached hydrogens (tertiary/aromatic N) is 2. The van der Waals surface area contributed by atoms with E-state index in [2.05, 4.69) is 24.0 Å². The normalized spacial score (nSPS) is 15.2. The van der Waals surface area contributed by atoms with E-state index in [1.807, 2.05) is 6.92 Å². The average Bonchev–Trinajstić information content (AvgIpc) is 2.82. The standard InChI is InChI=1S/C14H22N4/c1-3-18(9-10(2)14(15)16)13-8-7-11-5-4-6-12(11)17-13/h7-8,10H,3-6,9H2,1-2H3,(H3,15,16). The summed E-state index contributed by atoms with van der Waals surface area (Å²) < 4.78 is 0. The Hall–Kier alpha value is -1.58. The van der Waals surface area contributed by atoms with Gasteiger partial charge in [0, 0.05) is 24.7 Å². The van der Waals surface area contributed by atoms with Gasteiger partial charge in [0.05, 0.1) is 5.84 Å². The van der Waals surface area contributed by atoms with Crippen molar-refractivity contribution in [1.29, 1.82) is 5.41 Å². The number of pyridine rings is 1. The molecule has 1 heterocycles. The molecule has 1 unspecified atom stereocenters. The Bertz CT molecular complexity index is 441. The second kappa shape index (κ2) is 5.38. The number of hydrogen-bond donors (Lipinski definition) is 2. The number of amidine groups is 1. The molecule has 18 heavy (non-hydrogen) atoms. The van der Waals surface area contributed by atoms with Crippen molar-refractivity contribution in [2.45, 2.75) is 33.1 Å². The highest BCUT2D eigenvalue weighted by atomic mass is 15.2. The fraction of sp³-hybridized carbons (Fsp3) is 0.571. The van der Waals surface area contributed by atoms with Crippen molar-refractivity contribution < 1.29 is 0 Å². The molecule has 0 aliphatic heterocycles. The molecule has 0 amide bonds. The maximum Gasteiger partial charge on any atom is 0.128 e. The fourth-order valence-corrected chi connectivity index (χ4v) is 2.40. The number of aromatic nitrogens is 1. The van der Waals surface area contributed by atoms with Crippen molar-refractivity contribution in [1.82, 2.24) is 4.98 Å². The maximum atomic E-state index is 7.48. The van der Waals surface area contributed by atoms with Crippen LogP contribution in [0.15, 0.2) is 12.1 Å². The van der Waals surface area contributed by atoms with Crippen LogP contribution in [0.3, 0.4) is 0 Å². The Balaban J connectivity index is 2.15. The van der Waals surface area contributed by atoms with Gasteiger partial charge >= 0.3 is 0 Å². The molecule has 0 radical (unpaired) electrons. The predicted molar refractivity (Wildman–Crippen MR) is 75.2 cm³/mol. The Labute approximate surface area is 109 Å². The number of anilines is 1. The summed E-state index contributed by atoms with van der Waals surface area (Å²) in [4.78, 5) is 6.95. The minimum atomic E-state index is 0.0694. The molecule has 1 atom stereocenters. The zero-order valence-corrected chi connectivity index (χ0v) is 11.2. The third-order valence-electron chi connectivity index (χ3n) is 3.64. The fourth-order valence-electron chi connectivity index (χ4n) is 2.40. The van der Waals surface area contributed by atoms with E-state index in [1.165, 1.54) is 24.1 Å². The van der Waals surface area contributed by atoms with E-state index in [0.717, 1.165) is 25.3 Å². The van der Waals surface area contributed by atoms with Gasteiger partial charge in [-0.15, -0.1) is 0 Å². The zero-order chi connectivity index (χ0) is 13.1. The second-order valence-electron chi connectivity index (χ2n) is 5.02. The van der Waals surface area contributed by atoms with E-state index in [1.54, 1.807) is 0 Å². The highest BCUT2D eigenvalue weighted by molar-refractivity contribution is 5.79. The molecular formula is C14H22N4. The van der Waals surface area contributed by atoms with Crippen LogP contribution in [0.25, 0.3) is 0 Å². The summed E-state index contributed by atoms with van der Waals surface area (Å²) in [6, 6.07) is 4.30. The van der Waals surface area contributed by atoms with Crippen molar-refractivity contribution in [3.8, 4) is 0 Å². The SMILES string of the molecule is CCN(CC(C)C(=N)N)c1ccc2c(n1)CCC2. The molecule has 0 aromatic carbocycles. The summed E-state index contributed by atoms with van der Waals surface area (Å²) >= 11 is 0. The molecule has 1 aliphatic rings. The summed E-state index contributed by atoms with van der Waals surface area (Å²) in [7, 11) is 0. The first kappa shape index (κ1) is 12.9. The van der Waals surface area contributed by atoms with Crippen LogP contribution in [0.2, 0.25) is 0 Å². The van der Waals surface area contributed by atoms with Crippen LogP contribution in [-0.4, -0.2) is 23.9 Å². The van der Waals surface area contributed by atoms with Crippen molar-refractivity contribution in [3.63, 3.8) is 0 Å². The monoisotopic (exact) mass is 246 g/mol. The lowest BCUT2D eigenvalue weighted by Gasteiger charge is -2.25. The lowest BCUT2D eigenvalue weighted by atomic mass is 10.1. The molecular weight excluding hydrogens is 224 g/mol. The van der Waals surface area contributed by atoms with E-state index in [0.29, 0.717) is 0 Å².